The van der Waals surface area contributed by atoms with Crippen LogP contribution in [0.15, 0.2) is 0 Å². The molecule has 0 amide bonds. The maximum Gasteiger partial charge on any atom is 0.0898 e. The fraction of sp³-hybridized carbons (Fsp3) is 0.571. The first-order valence-corrected chi connectivity index (χ1v) is 2.96. The summed E-state index contributed by atoms with van der Waals surface area (Å²) in [6.07, 6.45) is 7.65. The molecule has 1 aliphatic carbocycles. The van der Waals surface area contributed by atoms with Gasteiger partial charge in [0.1, 0.15) is 0 Å². The van der Waals surface area contributed by atoms with Crippen LogP contribution in [0.1, 0.15) is 25.7 Å². The Kier molecular flexibility index (Phi) is 16.0. The van der Waals surface area contributed by atoms with Gasteiger partial charge in [-0.25, -0.2) is 0 Å². The number of carbonyl (C=O) groups is 1. The Morgan fingerprint density at radius 1 is 1.56 bits per heavy atom. The summed E-state index contributed by atoms with van der Waals surface area (Å²) < 4.78 is 0. The monoisotopic (exact) mass is 201 g/mol. The van der Waals surface area contributed by atoms with E-state index in [0.717, 1.165) is 6.29 Å². The van der Waals surface area contributed by atoms with Gasteiger partial charge in [-0.05, 0) is 0 Å². The Labute approximate surface area is 82.5 Å². The zero-order chi connectivity index (χ0) is 6.24. The molecule has 0 aromatic rings. The summed E-state index contributed by atoms with van der Waals surface area (Å²) in [4.78, 5) is 9.11. The molecule has 0 aromatic heterocycles. The molecule has 1 rings (SSSR count). The molecular formula is C7H12OY-2. The maximum atomic E-state index is 9.11. The van der Waals surface area contributed by atoms with E-state index in [2.05, 4.69) is 13.3 Å². The quantitative estimate of drug-likeness (QED) is 0.466. The first kappa shape index (κ1) is 12.5. The molecule has 1 saturated carbocycles. The Bertz CT molecular complexity index is 46.9. The summed E-state index contributed by atoms with van der Waals surface area (Å²) in [6, 6.07) is 0. The Morgan fingerprint density at radius 3 is 1.78 bits per heavy atom. The Hall–Kier alpha value is 0.774. The Balaban J connectivity index is 0. The van der Waals surface area contributed by atoms with Crippen LogP contribution < -0.4 is 0 Å². The third-order valence-electron chi connectivity index (χ3n) is 0.934. The van der Waals surface area contributed by atoms with Crippen molar-refractivity contribution in [2.75, 3.05) is 0 Å². The van der Waals surface area contributed by atoms with Crippen LogP contribution in [-0.4, -0.2) is 6.29 Å². The van der Waals surface area contributed by atoms with Gasteiger partial charge >= 0.3 is 0 Å². The van der Waals surface area contributed by atoms with Crippen LogP contribution in [0.25, 0.3) is 0 Å². The van der Waals surface area contributed by atoms with E-state index < -0.39 is 0 Å². The molecule has 2 heteroatoms. The van der Waals surface area contributed by atoms with E-state index in [-0.39, 0.29) is 32.7 Å². The molecular weight excluding hydrogens is 189 g/mol. The molecule has 1 radical (unpaired) electrons. The second-order valence-electron chi connectivity index (χ2n) is 1.67. The van der Waals surface area contributed by atoms with E-state index in [0.29, 0.717) is 6.42 Å². The van der Waals surface area contributed by atoms with Crippen molar-refractivity contribution in [3.05, 3.63) is 13.3 Å². The predicted octanol–water partition coefficient (Wildman–Crippen LogP) is 1.78. The standard InChI is InChI=1S/C4H7.C3H5O.Y/c1-2-4-3-1;1-2-3-4;/h1H,2-4H2;3H,1-2H2;/q2*-1;. The molecule has 1 fully saturated rings. The van der Waals surface area contributed by atoms with E-state index in [1.54, 1.807) is 0 Å². The summed E-state index contributed by atoms with van der Waals surface area (Å²) in [5.41, 5.74) is 0. The van der Waals surface area contributed by atoms with Gasteiger partial charge in [0.25, 0.3) is 0 Å². The van der Waals surface area contributed by atoms with E-state index in [9.17, 15) is 0 Å². The minimum Gasteiger partial charge on any atom is -0.337 e. The van der Waals surface area contributed by atoms with E-state index in [4.69, 9.17) is 4.79 Å². The molecule has 51 valence electrons. The molecule has 0 aromatic carbocycles. The van der Waals surface area contributed by atoms with Crippen molar-refractivity contribution in [1.29, 1.82) is 0 Å². The van der Waals surface area contributed by atoms with Gasteiger partial charge in [-0.1, -0.05) is 0 Å². The molecule has 1 aliphatic rings. The van der Waals surface area contributed by atoms with Gasteiger partial charge in [-0.15, -0.1) is 12.8 Å². The van der Waals surface area contributed by atoms with Gasteiger partial charge in [0.05, 0.1) is 6.29 Å². The SMILES string of the molecule is [CH-]1CCC1.[CH2-]CC=O.[Y]. The van der Waals surface area contributed by atoms with Crippen LogP contribution in [0.5, 0.6) is 0 Å². The molecule has 0 bridgehead atoms. The van der Waals surface area contributed by atoms with Crippen molar-refractivity contribution in [2.24, 2.45) is 0 Å². The van der Waals surface area contributed by atoms with E-state index in [1.165, 1.54) is 19.3 Å². The smallest absolute Gasteiger partial charge is 0.0898 e. The van der Waals surface area contributed by atoms with Gasteiger partial charge in [0.15, 0.2) is 0 Å². The number of rotatable bonds is 1. The van der Waals surface area contributed by atoms with Crippen molar-refractivity contribution < 1.29 is 37.5 Å². The fourth-order valence-corrected chi connectivity index (χ4v) is 0.204. The topological polar surface area (TPSA) is 17.1 Å². The largest absolute Gasteiger partial charge is 0.337 e. The molecule has 1 nitrogen and oxygen atoms in total. The third-order valence-corrected chi connectivity index (χ3v) is 0.934. The zero-order valence-electron chi connectivity index (χ0n) is 5.68. The molecule has 0 spiro atoms. The minimum absolute atomic E-state index is 0. The van der Waals surface area contributed by atoms with Crippen LogP contribution in [0, 0.1) is 13.3 Å². The van der Waals surface area contributed by atoms with Gasteiger partial charge < -0.3 is 18.1 Å². The van der Waals surface area contributed by atoms with Crippen molar-refractivity contribution >= 4 is 6.29 Å². The van der Waals surface area contributed by atoms with Gasteiger partial charge in [0.2, 0.25) is 0 Å². The normalized spacial score (nSPS) is 13.4. The van der Waals surface area contributed by atoms with Crippen LogP contribution >= 0.6 is 0 Å². The van der Waals surface area contributed by atoms with Crippen LogP contribution in [0.3, 0.4) is 0 Å². The average molecular weight is 201 g/mol. The van der Waals surface area contributed by atoms with Crippen molar-refractivity contribution in [3.63, 3.8) is 0 Å². The summed E-state index contributed by atoms with van der Waals surface area (Å²) in [6.45, 7) is 3.24. The van der Waals surface area contributed by atoms with E-state index in [1.807, 2.05) is 0 Å². The van der Waals surface area contributed by atoms with E-state index >= 15 is 0 Å². The molecule has 0 saturated heterocycles. The average Bonchev–Trinajstić information content (AvgIpc) is 1.61. The van der Waals surface area contributed by atoms with Crippen LogP contribution in [0.4, 0.5) is 0 Å². The van der Waals surface area contributed by atoms with Crippen molar-refractivity contribution in [2.45, 2.75) is 25.7 Å². The van der Waals surface area contributed by atoms with Crippen LogP contribution in [-0.2, 0) is 37.5 Å². The maximum absolute atomic E-state index is 9.11. The molecule has 0 heterocycles. The summed E-state index contributed by atoms with van der Waals surface area (Å²) in [7, 11) is 0. The fourth-order valence-electron chi connectivity index (χ4n) is 0.204. The second-order valence-corrected chi connectivity index (χ2v) is 1.67. The number of hydrogen-bond acceptors (Lipinski definition) is 1. The summed E-state index contributed by atoms with van der Waals surface area (Å²) >= 11 is 0. The minimum atomic E-state index is 0. The van der Waals surface area contributed by atoms with Crippen LogP contribution in [0.2, 0.25) is 0 Å². The Morgan fingerprint density at radius 2 is 1.78 bits per heavy atom. The molecule has 9 heavy (non-hydrogen) atoms. The third kappa shape index (κ3) is 12.1. The molecule has 0 N–H and O–H groups in total. The predicted molar refractivity (Wildman–Crippen MR) is 34.2 cm³/mol. The summed E-state index contributed by atoms with van der Waals surface area (Å²) in [5.74, 6) is 0. The number of aldehydes is 1. The molecule has 0 aliphatic heterocycles. The number of carbonyl (C=O) groups excluding carboxylic acids is 1. The zero-order valence-corrected chi connectivity index (χ0v) is 8.51. The number of hydrogen-bond donors (Lipinski definition) is 0. The van der Waals surface area contributed by atoms with Gasteiger partial charge in [-0.2, -0.15) is 12.8 Å². The first-order chi connectivity index (χ1) is 3.91. The van der Waals surface area contributed by atoms with Gasteiger partial charge in [-0.3, -0.25) is 0 Å². The van der Waals surface area contributed by atoms with Crippen molar-refractivity contribution in [3.8, 4) is 0 Å². The molecule has 0 atom stereocenters. The van der Waals surface area contributed by atoms with Gasteiger partial charge in [0, 0.05) is 32.7 Å². The van der Waals surface area contributed by atoms with Crippen molar-refractivity contribution in [1.82, 2.24) is 0 Å². The second kappa shape index (κ2) is 11.6. The molecule has 0 unspecified atom stereocenters. The summed E-state index contributed by atoms with van der Waals surface area (Å²) in [5, 5.41) is 0. The first-order valence-electron chi connectivity index (χ1n) is 2.96.